The summed E-state index contributed by atoms with van der Waals surface area (Å²) >= 11 is 0. The lowest BCUT2D eigenvalue weighted by Gasteiger charge is -2.18. The standard InChI is InChI=1S/C18H16N2O3S/c19-24(22,23)16-6-5-12-7-8-20(17(12)11-16)18(21)15-9-13-3-1-2-4-14(13)10-15/h1-6,9,11H,7-8,10H2,(H2,19,22,23). The van der Waals surface area contributed by atoms with Gasteiger partial charge in [0.2, 0.25) is 10.0 Å². The molecular formula is C18H16N2O3S. The molecule has 0 aromatic heterocycles. The Bertz CT molecular complexity index is 993. The van der Waals surface area contributed by atoms with Gasteiger partial charge < -0.3 is 4.90 Å². The molecule has 2 aromatic rings. The van der Waals surface area contributed by atoms with Gasteiger partial charge in [0.1, 0.15) is 0 Å². The van der Waals surface area contributed by atoms with Gasteiger partial charge in [-0.3, -0.25) is 4.79 Å². The summed E-state index contributed by atoms with van der Waals surface area (Å²) in [6, 6.07) is 12.6. The van der Waals surface area contributed by atoms with Crippen LogP contribution in [0.25, 0.3) is 6.08 Å². The van der Waals surface area contributed by atoms with E-state index in [0.717, 1.165) is 22.3 Å². The second kappa shape index (κ2) is 5.29. The fourth-order valence-electron chi connectivity index (χ4n) is 3.34. The maximum absolute atomic E-state index is 12.9. The van der Waals surface area contributed by atoms with Gasteiger partial charge in [0.25, 0.3) is 5.91 Å². The first-order valence-electron chi connectivity index (χ1n) is 7.69. The molecule has 122 valence electrons. The lowest BCUT2D eigenvalue weighted by atomic mass is 10.1. The Hall–Kier alpha value is -2.44. The first kappa shape index (κ1) is 15.1. The molecule has 0 spiro atoms. The normalized spacial score (nSPS) is 15.9. The summed E-state index contributed by atoms with van der Waals surface area (Å²) in [5, 5.41) is 5.21. The number of sulfonamides is 1. The van der Waals surface area contributed by atoms with Gasteiger partial charge >= 0.3 is 0 Å². The van der Waals surface area contributed by atoms with E-state index in [2.05, 4.69) is 0 Å². The average Bonchev–Trinajstić information content (AvgIpc) is 3.16. The molecule has 24 heavy (non-hydrogen) atoms. The Morgan fingerprint density at radius 1 is 1.08 bits per heavy atom. The van der Waals surface area contributed by atoms with Gasteiger partial charge in [0.05, 0.1) is 4.90 Å². The van der Waals surface area contributed by atoms with E-state index in [1.807, 2.05) is 30.3 Å². The third-order valence-corrected chi connectivity index (χ3v) is 5.48. The van der Waals surface area contributed by atoms with Crippen LogP contribution in [-0.2, 0) is 27.7 Å². The highest BCUT2D eigenvalue weighted by Crippen LogP contribution is 2.33. The molecule has 0 fully saturated rings. The maximum Gasteiger partial charge on any atom is 0.254 e. The van der Waals surface area contributed by atoms with Crippen LogP contribution >= 0.6 is 0 Å². The number of nitrogens with zero attached hydrogens (tertiary/aromatic N) is 1. The van der Waals surface area contributed by atoms with Crippen molar-refractivity contribution in [3.8, 4) is 0 Å². The van der Waals surface area contributed by atoms with Crippen molar-refractivity contribution in [3.05, 3.63) is 64.7 Å². The first-order chi connectivity index (χ1) is 11.4. The number of carbonyl (C=O) groups is 1. The molecule has 0 unspecified atom stereocenters. The summed E-state index contributed by atoms with van der Waals surface area (Å²) < 4.78 is 23.2. The smallest absolute Gasteiger partial charge is 0.254 e. The Balaban J connectivity index is 1.68. The molecule has 6 heteroatoms. The maximum atomic E-state index is 12.9. The van der Waals surface area contributed by atoms with Crippen molar-refractivity contribution >= 4 is 27.7 Å². The van der Waals surface area contributed by atoms with Crippen molar-refractivity contribution < 1.29 is 13.2 Å². The van der Waals surface area contributed by atoms with E-state index in [4.69, 9.17) is 5.14 Å². The second-order valence-electron chi connectivity index (χ2n) is 6.09. The van der Waals surface area contributed by atoms with E-state index in [1.54, 1.807) is 11.0 Å². The molecule has 0 saturated carbocycles. The number of amides is 1. The topological polar surface area (TPSA) is 80.5 Å². The Morgan fingerprint density at radius 3 is 2.62 bits per heavy atom. The van der Waals surface area contributed by atoms with Crippen molar-refractivity contribution in [2.24, 2.45) is 5.14 Å². The number of rotatable bonds is 2. The molecule has 1 aliphatic heterocycles. The molecule has 1 heterocycles. The highest BCUT2D eigenvalue weighted by atomic mass is 32.2. The number of anilines is 1. The molecule has 0 bridgehead atoms. The lowest BCUT2D eigenvalue weighted by Crippen LogP contribution is -2.30. The molecule has 1 aliphatic carbocycles. The minimum absolute atomic E-state index is 0.0321. The van der Waals surface area contributed by atoms with E-state index >= 15 is 0 Å². The zero-order valence-corrected chi connectivity index (χ0v) is 13.7. The number of hydrogen-bond donors (Lipinski definition) is 1. The molecule has 1 amide bonds. The van der Waals surface area contributed by atoms with Crippen molar-refractivity contribution in [1.29, 1.82) is 0 Å². The Kier molecular flexibility index (Phi) is 3.33. The van der Waals surface area contributed by atoms with Gasteiger partial charge in [0, 0.05) is 24.2 Å². The molecule has 2 N–H and O–H groups in total. The predicted octanol–water partition coefficient (Wildman–Crippen LogP) is 1.86. The van der Waals surface area contributed by atoms with Crippen LogP contribution < -0.4 is 10.0 Å². The molecule has 5 nitrogen and oxygen atoms in total. The first-order valence-corrected chi connectivity index (χ1v) is 9.24. The zero-order valence-electron chi connectivity index (χ0n) is 12.9. The molecule has 0 radical (unpaired) electrons. The van der Waals surface area contributed by atoms with Gasteiger partial charge in [-0.25, -0.2) is 13.6 Å². The van der Waals surface area contributed by atoms with Gasteiger partial charge in [-0.15, -0.1) is 0 Å². The van der Waals surface area contributed by atoms with Gasteiger partial charge in [0.15, 0.2) is 0 Å². The van der Waals surface area contributed by atoms with E-state index in [-0.39, 0.29) is 10.8 Å². The number of primary sulfonamides is 1. The van der Waals surface area contributed by atoms with Crippen LogP contribution in [0.4, 0.5) is 5.69 Å². The summed E-state index contributed by atoms with van der Waals surface area (Å²) in [7, 11) is -3.79. The van der Waals surface area contributed by atoms with Crippen molar-refractivity contribution in [2.45, 2.75) is 17.7 Å². The number of carbonyl (C=O) groups excluding carboxylic acids is 1. The number of nitrogens with two attached hydrogens (primary N) is 1. The lowest BCUT2D eigenvalue weighted by molar-refractivity contribution is -0.115. The highest BCUT2D eigenvalue weighted by Gasteiger charge is 2.29. The summed E-state index contributed by atoms with van der Waals surface area (Å²) in [6.45, 7) is 0.552. The Morgan fingerprint density at radius 2 is 1.88 bits per heavy atom. The third kappa shape index (κ3) is 2.44. The van der Waals surface area contributed by atoms with Crippen molar-refractivity contribution in [3.63, 3.8) is 0 Å². The number of hydrogen-bond acceptors (Lipinski definition) is 3. The SMILES string of the molecule is NS(=O)(=O)c1ccc2c(c1)N(C(=O)C1=Cc3ccccc3C1)CC2. The van der Waals surface area contributed by atoms with Gasteiger partial charge in [-0.05, 0) is 41.3 Å². The zero-order chi connectivity index (χ0) is 16.9. The van der Waals surface area contributed by atoms with Crippen LogP contribution in [-0.4, -0.2) is 20.9 Å². The van der Waals surface area contributed by atoms with Crippen LogP contribution in [0.3, 0.4) is 0 Å². The van der Waals surface area contributed by atoms with E-state index < -0.39 is 10.0 Å². The van der Waals surface area contributed by atoms with Crippen LogP contribution in [0.2, 0.25) is 0 Å². The Labute approximate surface area is 140 Å². The molecule has 0 atom stereocenters. The third-order valence-electron chi connectivity index (χ3n) is 4.57. The molecular weight excluding hydrogens is 324 g/mol. The number of benzene rings is 2. The molecule has 4 rings (SSSR count). The van der Waals surface area contributed by atoms with E-state index in [0.29, 0.717) is 25.1 Å². The monoisotopic (exact) mass is 340 g/mol. The summed E-state index contributed by atoms with van der Waals surface area (Å²) in [5.74, 6) is -0.0727. The van der Waals surface area contributed by atoms with Crippen LogP contribution in [0.5, 0.6) is 0 Å². The molecule has 2 aromatic carbocycles. The minimum atomic E-state index is -3.79. The van der Waals surface area contributed by atoms with E-state index in [9.17, 15) is 13.2 Å². The van der Waals surface area contributed by atoms with Gasteiger partial charge in [-0.1, -0.05) is 30.3 Å². The fraction of sp³-hybridized carbons (Fsp3) is 0.167. The highest BCUT2D eigenvalue weighted by molar-refractivity contribution is 7.89. The average molecular weight is 340 g/mol. The molecule has 0 saturated heterocycles. The van der Waals surface area contributed by atoms with Crippen molar-refractivity contribution in [2.75, 3.05) is 11.4 Å². The van der Waals surface area contributed by atoms with E-state index in [1.165, 1.54) is 12.1 Å². The minimum Gasteiger partial charge on any atom is -0.308 e. The largest absolute Gasteiger partial charge is 0.308 e. The molecule has 2 aliphatic rings. The van der Waals surface area contributed by atoms with Crippen molar-refractivity contribution in [1.82, 2.24) is 0 Å². The van der Waals surface area contributed by atoms with Crippen LogP contribution in [0, 0.1) is 0 Å². The fourth-order valence-corrected chi connectivity index (χ4v) is 3.87. The summed E-state index contributed by atoms with van der Waals surface area (Å²) in [5.41, 5.74) is 4.54. The van der Waals surface area contributed by atoms with Crippen LogP contribution in [0.15, 0.2) is 52.9 Å². The summed E-state index contributed by atoms with van der Waals surface area (Å²) in [6.07, 6.45) is 3.24. The van der Waals surface area contributed by atoms with Gasteiger partial charge in [-0.2, -0.15) is 0 Å². The quantitative estimate of drug-likeness (QED) is 0.906. The second-order valence-corrected chi connectivity index (χ2v) is 7.65. The summed E-state index contributed by atoms with van der Waals surface area (Å²) in [4.78, 5) is 14.6. The number of fused-ring (bicyclic) bond motifs is 2. The predicted molar refractivity (Wildman–Crippen MR) is 92.0 cm³/mol. The van der Waals surface area contributed by atoms with Crippen LogP contribution in [0.1, 0.15) is 16.7 Å².